The molecule has 0 saturated carbocycles. The third-order valence-corrected chi connectivity index (χ3v) is 3.07. The van der Waals surface area contributed by atoms with Gasteiger partial charge >= 0.3 is 0 Å². The Kier molecular flexibility index (Phi) is 8.33. The van der Waals surface area contributed by atoms with Gasteiger partial charge in [0.1, 0.15) is 12.2 Å². The van der Waals surface area contributed by atoms with Gasteiger partial charge in [0.15, 0.2) is 5.96 Å². The minimum Gasteiger partial charge on any atom is -0.378 e. The van der Waals surface area contributed by atoms with Crippen LogP contribution in [0.5, 0.6) is 0 Å². The van der Waals surface area contributed by atoms with E-state index in [0.29, 0.717) is 31.3 Å². The summed E-state index contributed by atoms with van der Waals surface area (Å²) in [6.45, 7) is 9.28. The lowest BCUT2D eigenvalue weighted by molar-refractivity contribution is -0.384. The number of para-hydroxylation sites is 2. The summed E-state index contributed by atoms with van der Waals surface area (Å²) in [5.41, 5.74) is 0.199. The van der Waals surface area contributed by atoms with E-state index >= 15 is 0 Å². The highest BCUT2D eigenvalue weighted by atomic mass is 16.6. The van der Waals surface area contributed by atoms with Gasteiger partial charge in [-0.05, 0) is 33.8 Å². The number of nitro benzene ring substituents is 1. The van der Waals surface area contributed by atoms with E-state index in [0.717, 1.165) is 0 Å². The van der Waals surface area contributed by atoms with Gasteiger partial charge in [0.25, 0.3) is 5.69 Å². The molecule has 1 aromatic rings. The first kappa shape index (κ1) is 21.2. The van der Waals surface area contributed by atoms with Gasteiger partial charge in [-0.3, -0.25) is 14.9 Å². The van der Waals surface area contributed by atoms with Gasteiger partial charge in [0.2, 0.25) is 5.91 Å². The molecule has 0 heterocycles. The molecule has 1 amide bonds. The Hall–Kier alpha value is -2.84. The van der Waals surface area contributed by atoms with Crippen molar-refractivity contribution < 1.29 is 9.72 Å². The number of hydrogen-bond acceptors (Lipinski definition) is 5. The smallest absolute Gasteiger partial charge is 0.292 e. The number of anilines is 1. The third kappa shape index (κ3) is 8.32. The molecule has 4 N–H and O–H groups in total. The van der Waals surface area contributed by atoms with Crippen molar-refractivity contribution in [2.24, 2.45) is 4.99 Å². The molecule has 1 rings (SSSR count). The highest BCUT2D eigenvalue weighted by Gasteiger charge is 2.13. The molecule has 0 atom stereocenters. The Bertz CT molecular complexity index is 640. The molecule has 0 unspecified atom stereocenters. The van der Waals surface area contributed by atoms with Crippen LogP contribution >= 0.6 is 0 Å². The number of rotatable bonds is 8. The molecule has 0 fully saturated rings. The number of amides is 1. The fourth-order valence-electron chi connectivity index (χ4n) is 2.11. The molecule has 0 spiro atoms. The van der Waals surface area contributed by atoms with Crippen molar-refractivity contribution in [3.8, 4) is 0 Å². The summed E-state index contributed by atoms with van der Waals surface area (Å²) in [5.74, 6) is 0.355. The fraction of sp³-hybridized carbons (Fsp3) is 0.529. The first-order valence-electron chi connectivity index (χ1n) is 8.53. The summed E-state index contributed by atoms with van der Waals surface area (Å²) in [6.07, 6.45) is 0. The third-order valence-electron chi connectivity index (χ3n) is 3.07. The first-order valence-corrected chi connectivity index (χ1v) is 8.53. The molecule has 26 heavy (non-hydrogen) atoms. The normalized spacial score (nSPS) is 11.6. The van der Waals surface area contributed by atoms with Gasteiger partial charge < -0.3 is 21.3 Å². The highest BCUT2D eigenvalue weighted by Crippen LogP contribution is 2.22. The van der Waals surface area contributed by atoms with Crippen LogP contribution in [-0.4, -0.2) is 48.5 Å². The molecular formula is C17H28N6O3. The van der Waals surface area contributed by atoms with E-state index in [-0.39, 0.29) is 23.7 Å². The van der Waals surface area contributed by atoms with E-state index in [1.807, 2.05) is 27.7 Å². The van der Waals surface area contributed by atoms with E-state index in [1.54, 1.807) is 18.2 Å². The van der Waals surface area contributed by atoms with E-state index < -0.39 is 4.92 Å². The van der Waals surface area contributed by atoms with Crippen LogP contribution in [-0.2, 0) is 4.79 Å². The second kappa shape index (κ2) is 10.2. The van der Waals surface area contributed by atoms with E-state index in [2.05, 4.69) is 26.3 Å². The number of nitrogens with zero attached hydrogens (tertiary/aromatic N) is 2. The summed E-state index contributed by atoms with van der Waals surface area (Å²) < 4.78 is 0. The SMILES string of the molecule is CCNC(=NCC(=O)NC(C)(C)C)NCCNc1ccccc1[N+](=O)[O-]. The molecule has 0 bridgehead atoms. The molecule has 0 aliphatic rings. The number of carbonyl (C=O) groups excluding carboxylic acids is 1. The second-order valence-corrected chi connectivity index (χ2v) is 6.62. The van der Waals surface area contributed by atoms with Gasteiger partial charge in [0, 0.05) is 31.2 Å². The monoisotopic (exact) mass is 364 g/mol. The van der Waals surface area contributed by atoms with Crippen molar-refractivity contribution in [1.29, 1.82) is 0 Å². The van der Waals surface area contributed by atoms with Gasteiger partial charge in [-0.15, -0.1) is 0 Å². The lowest BCUT2D eigenvalue weighted by atomic mass is 10.1. The lowest BCUT2D eigenvalue weighted by Gasteiger charge is -2.20. The molecule has 1 aromatic carbocycles. The summed E-state index contributed by atoms with van der Waals surface area (Å²) in [5, 5.41) is 23.0. The molecule has 0 radical (unpaired) electrons. The fourth-order valence-corrected chi connectivity index (χ4v) is 2.11. The number of benzene rings is 1. The summed E-state index contributed by atoms with van der Waals surface area (Å²) >= 11 is 0. The number of nitrogens with one attached hydrogen (secondary N) is 4. The largest absolute Gasteiger partial charge is 0.378 e. The minimum atomic E-state index is -0.422. The average Bonchev–Trinajstić information content (AvgIpc) is 2.55. The topological polar surface area (TPSA) is 121 Å². The Morgan fingerprint density at radius 3 is 2.50 bits per heavy atom. The number of hydrogen-bond donors (Lipinski definition) is 4. The number of aliphatic imine (C=N–C) groups is 1. The summed E-state index contributed by atoms with van der Waals surface area (Å²) in [6, 6.07) is 6.48. The Balaban J connectivity index is 2.50. The molecule has 0 aliphatic heterocycles. The Labute approximate surface area is 153 Å². The molecule has 144 valence electrons. The Morgan fingerprint density at radius 1 is 1.19 bits per heavy atom. The van der Waals surface area contributed by atoms with Crippen molar-refractivity contribution in [2.75, 3.05) is 31.5 Å². The average molecular weight is 364 g/mol. The van der Waals surface area contributed by atoms with E-state index in [1.165, 1.54) is 6.07 Å². The maximum atomic E-state index is 11.8. The molecule has 0 saturated heterocycles. The second-order valence-electron chi connectivity index (χ2n) is 6.62. The summed E-state index contributed by atoms with van der Waals surface area (Å²) in [7, 11) is 0. The van der Waals surface area contributed by atoms with Crippen LogP contribution in [0.1, 0.15) is 27.7 Å². The van der Waals surface area contributed by atoms with Crippen LogP contribution in [0, 0.1) is 10.1 Å². The molecule has 9 nitrogen and oxygen atoms in total. The predicted molar refractivity (Wildman–Crippen MR) is 103 cm³/mol. The van der Waals surface area contributed by atoms with Crippen LogP contribution in [0.3, 0.4) is 0 Å². The van der Waals surface area contributed by atoms with Crippen molar-refractivity contribution in [3.63, 3.8) is 0 Å². The number of guanidine groups is 1. The van der Waals surface area contributed by atoms with Crippen molar-refractivity contribution in [1.82, 2.24) is 16.0 Å². The molecule has 9 heteroatoms. The number of nitro groups is 1. The van der Waals surface area contributed by atoms with Crippen LogP contribution in [0.2, 0.25) is 0 Å². The lowest BCUT2D eigenvalue weighted by Crippen LogP contribution is -2.43. The summed E-state index contributed by atoms with van der Waals surface area (Å²) in [4.78, 5) is 26.6. The first-order chi connectivity index (χ1) is 12.2. The maximum Gasteiger partial charge on any atom is 0.292 e. The maximum absolute atomic E-state index is 11.8. The van der Waals surface area contributed by atoms with Crippen LogP contribution in [0.25, 0.3) is 0 Å². The molecular weight excluding hydrogens is 336 g/mol. The zero-order chi connectivity index (χ0) is 19.6. The van der Waals surface area contributed by atoms with E-state index in [4.69, 9.17) is 0 Å². The van der Waals surface area contributed by atoms with E-state index in [9.17, 15) is 14.9 Å². The Morgan fingerprint density at radius 2 is 1.88 bits per heavy atom. The van der Waals surface area contributed by atoms with Gasteiger partial charge in [0.05, 0.1) is 4.92 Å². The van der Waals surface area contributed by atoms with Gasteiger partial charge in [-0.25, -0.2) is 4.99 Å². The number of carbonyl (C=O) groups is 1. The van der Waals surface area contributed by atoms with Crippen molar-refractivity contribution in [2.45, 2.75) is 33.2 Å². The van der Waals surface area contributed by atoms with Gasteiger partial charge in [-0.2, -0.15) is 0 Å². The zero-order valence-corrected chi connectivity index (χ0v) is 15.8. The van der Waals surface area contributed by atoms with Crippen molar-refractivity contribution >= 4 is 23.2 Å². The minimum absolute atomic E-state index is 0.0180. The van der Waals surface area contributed by atoms with Crippen LogP contribution in [0.4, 0.5) is 11.4 Å². The zero-order valence-electron chi connectivity index (χ0n) is 15.8. The molecule has 0 aliphatic carbocycles. The van der Waals surface area contributed by atoms with Crippen LogP contribution in [0.15, 0.2) is 29.3 Å². The quantitative estimate of drug-likeness (QED) is 0.182. The van der Waals surface area contributed by atoms with Crippen molar-refractivity contribution in [3.05, 3.63) is 34.4 Å². The van der Waals surface area contributed by atoms with Crippen LogP contribution < -0.4 is 21.3 Å². The predicted octanol–water partition coefficient (Wildman–Crippen LogP) is 1.48. The molecule has 0 aromatic heterocycles. The standard InChI is InChI=1S/C17H28N6O3/c1-5-18-16(21-12-15(24)22-17(2,3)4)20-11-10-19-13-8-6-7-9-14(13)23(25)26/h6-9,19H,5,10-12H2,1-4H3,(H,22,24)(H2,18,20,21). The van der Waals surface area contributed by atoms with Gasteiger partial charge in [-0.1, -0.05) is 12.1 Å². The highest BCUT2D eigenvalue weighted by molar-refractivity contribution is 5.85.